The zero-order valence-corrected chi connectivity index (χ0v) is 9.55. The van der Waals surface area contributed by atoms with Crippen molar-refractivity contribution in [3.05, 3.63) is 0 Å². The normalized spacial score (nSPS) is 27.0. The third-order valence-corrected chi connectivity index (χ3v) is 2.94. The van der Waals surface area contributed by atoms with E-state index in [0.717, 1.165) is 5.92 Å². The molecule has 0 aromatic heterocycles. The van der Waals surface area contributed by atoms with Crippen LogP contribution in [0.2, 0.25) is 0 Å². The summed E-state index contributed by atoms with van der Waals surface area (Å²) in [5.74, 6) is 3.17. The van der Waals surface area contributed by atoms with Gasteiger partial charge in [0.25, 0.3) is 0 Å². The number of amides is 1. The van der Waals surface area contributed by atoms with Crippen LogP contribution in [0.5, 0.6) is 0 Å². The van der Waals surface area contributed by atoms with Crippen molar-refractivity contribution >= 4 is 5.91 Å². The molecule has 3 atom stereocenters. The second-order valence-corrected chi connectivity index (χ2v) is 4.43. The molecule has 0 aromatic carbocycles. The molecule has 84 valence electrons. The number of hydrogen-bond donors (Lipinski definition) is 2. The van der Waals surface area contributed by atoms with E-state index in [1.807, 2.05) is 6.92 Å². The largest absolute Gasteiger partial charge is 0.344 e. The van der Waals surface area contributed by atoms with Crippen LogP contribution in [-0.2, 0) is 4.79 Å². The van der Waals surface area contributed by atoms with E-state index in [2.05, 4.69) is 23.5 Å². The van der Waals surface area contributed by atoms with Gasteiger partial charge in [0.1, 0.15) is 0 Å². The molecule has 1 amide bonds. The minimum Gasteiger partial charge on any atom is -0.344 e. The zero-order valence-electron chi connectivity index (χ0n) is 9.55. The molecule has 0 aliphatic heterocycles. The Labute approximate surface area is 92.0 Å². The Hall–Kier alpha value is -1.01. The van der Waals surface area contributed by atoms with Gasteiger partial charge in [-0.1, -0.05) is 12.8 Å². The summed E-state index contributed by atoms with van der Waals surface area (Å²) in [5.41, 5.74) is 0. The minimum absolute atomic E-state index is 0.00694. The average Bonchev–Trinajstić information content (AvgIpc) is 2.60. The van der Waals surface area contributed by atoms with Crippen LogP contribution in [0.1, 0.15) is 33.1 Å². The van der Waals surface area contributed by atoms with Crippen molar-refractivity contribution < 1.29 is 4.79 Å². The van der Waals surface area contributed by atoms with Crippen molar-refractivity contribution in [1.82, 2.24) is 10.6 Å². The molecular formula is C12H20N2O. The van der Waals surface area contributed by atoms with Gasteiger partial charge in [-0.05, 0) is 32.1 Å². The molecule has 1 fully saturated rings. The maximum Gasteiger partial charge on any atom is 0.237 e. The molecule has 0 heterocycles. The quantitative estimate of drug-likeness (QED) is 0.674. The fourth-order valence-electron chi connectivity index (χ4n) is 2.08. The van der Waals surface area contributed by atoms with Crippen molar-refractivity contribution in [1.29, 1.82) is 0 Å². The predicted octanol–water partition coefficient (Wildman–Crippen LogP) is 0.902. The lowest BCUT2D eigenvalue weighted by Crippen LogP contribution is -2.46. The summed E-state index contributed by atoms with van der Waals surface area (Å²) in [6, 6.07) is 0.347. The van der Waals surface area contributed by atoms with E-state index in [9.17, 15) is 4.79 Å². The first kappa shape index (κ1) is 12.1. The van der Waals surface area contributed by atoms with Gasteiger partial charge in [-0.15, -0.1) is 6.42 Å². The van der Waals surface area contributed by atoms with E-state index in [1.165, 1.54) is 19.3 Å². The van der Waals surface area contributed by atoms with Gasteiger partial charge in [0.2, 0.25) is 5.91 Å². The molecule has 0 bridgehead atoms. The van der Waals surface area contributed by atoms with Crippen LogP contribution in [0, 0.1) is 18.3 Å². The van der Waals surface area contributed by atoms with Crippen LogP contribution in [0.3, 0.4) is 0 Å². The summed E-state index contributed by atoms with van der Waals surface area (Å²) in [6.45, 7) is 4.45. The first-order chi connectivity index (χ1) is 7.13. The molecule has 1 saturated carbocycles. The maximum atomic E-state index is 11.5. The fourth-order valence-corrected chi connectivity index (χ4v) is 2.08. The van der Waals surface area contributed by atoms with Crippen molar-refractivity contribution in [3.8, 4) is 12.3 Å². The van der Waals surface area contributed by atoms with E-state index in [0.29, 0.717) is 12.6 Å². The molecular weight excluding hydrogens is 188 g/mol. The monoisotopic (exact) mass is 208 g/mol. The van der Waals surface area contributed by atoms with Gasteiger partial charge in [-0.3, -0.25) is 4.79 Å². The zero-order chi connectivity index (χ0) is 11.3. The molecule has 1 rings (SSSR count). The number of terminal acetylenes is 1. The Bertz CT molecular complexity index is 257. The molecule has 0 aromatic rings. The second kappa shape index (κ2) is 5.77. The fraction of sp³-hybridized carbons (Fsp3) is 0.750. The number of nitrogens with one attached hydrogen (secondary N) is 2. The lowest BCUT2D eigenvalue weighted by atomic mass is 10.1. The van der Waals surface area contributed by atoms with Gasteiger partial charge in [-0.25, -0.2) is 0 Å². The van der Waals surface area contributed by atoms with E-state index in [4.69, 9.17) is 6.42 Å². The van der Waals surface area contributed by atoms with Crippen molar-refractivity contribution in [2.75, 3.05) is 6.54 Å². The highest BCUT2D eigenvalue weighted by Gasteiger charge is 2.24. The van der Waals surface area contributed by atoms with Crippen LogP contribution in [0.25, 0.3) is 0 Å². The molecule has 1 aliphatic carbocycles. The second-order valence-electron chi connectivity index (χ2n) is 4.43. The first-order valence-corrected chi connectivity index (χ1v) is 5.60. The van der Waals surface area contributed by atoms with Gasteiger partial charge >= 0.3 is 0 Å². The van der Waals surface area contributed by atoms with Gasteiger partial charge in [0, 0.05) is 6.04 Å². The molecule has 0 saturated heterocycles. The Morgan fingerprint density at radius 2 is 2.33 bits per heavy atom. The molecule has 2 N–H and O–H groups in total. The van der Waals surface area contributed by atoms with Crippen LogP contribution in [0.15, 0.2) is 0 Å². The van der Waals surface area contributed by atoms with Crippen LogP contribution in [-0.4, -0.2) is 24.5 Å². The summed E-state index contributed by atoms with van der Waals surface area (Å²) in [4.78, 5) is 11.5. The number of rotatable bonds is 4. The molecule has 1 aliphatic rings. The van der Waals surface area contributed by atoms with Crippen molar-refractivity contribution in [3.63, 3.8) is 0 Å². The van der Waals surface area contributed by atoms with Crippen LogP contribution >= 0.6 is 0 Å². The minimum atomic E-state index is -0.145. The van der Waals surface area contributed by atoms with Crippen molar-refractivity contribution in [2.24, 2.45) is 5.92 Å². The molecule has 0 radical (unpaired) electrons. The van der Waals surface area contributed by atoms with Crippen molar-refractivity contribution in [2.45, 2.75) is 45.2 Å². The van der Waals surface area contributed by atoms with E-state index < -0.39 is 0 Å². The standard InChI is InChI=1S/C12H20N2O/c1-4-7-13-12(15)10(3)14-11-6-5-9(2)8-11/h1,9-11,14H,5-8H2,2-3H3,(H,13,15). The summed E-state index contributed by atoms with van der Waals surface area (Å²) >= 11 is 0. The molecule has 3 nitrogen and oxygen atoms in total. The van der Waals surface area contributed by atoms with Gasteiger partial charge in [0.05, 0.1) is 12.6 Å². The first-order valence-electron chi connectivity index (χ1n) is 5.60. The summed E-state index contributed by atoms with van der Waals surface area (Å²) in [6.07, 6.45) is 8.68. The van der Waals surface area contributed by atoms with Gasteiger partial charge in [-0.2, -0.15) is 0 Å². The highest BCUT2D eigenvalue weighted by Crippen LogP contribution is 2.24. The lowest BCUT2D eigenvalue weighted by Gasteiger charge is -2.18. The molecule has 15 heavy (non-hydrogen) atoms. The molecule has 3 heteroatoms. The Balaban J connectivity index is 2.26. The lowest BCUT2D eigenvalue weighted by molar-refractivity contribution is -0.122. The Morgan fingerprint density at radius 3 is 2.87 bits per heavy atom. The third-order valence-electron chi connectivity index (χ3n) is 2.94. The Kier molecular flexibility index (Phi) is 4.64. The summed E-state index contributed by atoms with van der Waals surface area (Å²) in [5, 5.41) is 6.02. The van der Waals surface area contributed by atoms with Crippen LogP contribution < -0.4 is 10.6 Å². The summed E-state index contributed by atoms with van der Waals surface area (Å²) < 4.78 is 0. The van der Waals surface area contributed by atoms with E-state index in [-0.39, 0.29) is 11.9 Å². The van der Waals surface area contributed by atoms with E-state index in [1.54, 1.807) is 0 Å². The number of hydrogen-bond acceptors (Lipinski definition) is 2. The topological polar surface area (TPSA) is 41.1 Å². The predicted molar refractivity (Wildman–Crippen MR) is 61.2 cm³/mol. The number of carbonyl (C=O) groups is 1. The van der Waals surface area contributed by atoms with E-state index >= 15 is 0 Å². The SMILES string of the molecule is C#CCNC(=O)C(C)NC1CCC(C)C1. The molecule has 0 spiro atoms. The summed E-state index contributed by atoms with van der Waals surface area (Å²) in [7, 11) is 0. The smallest absolute Gasteiger partial charge is 0.237 e. The highest BCUT2D eigenvalue weighted by atomic mass is 16.2. The Morgan fingerprint density at radius 1 is 1.60 bits per heavy atom. The highest BCUT2D eigenvalue weighted by molar-refractivity contribution is 5.81. The van der Waals surface area contributed by atoms with Crippen LogP contribution in [0.4, 0.5) is 0 Å². The number of carbonyl (C=O) groups excluding carboxylic acids is 1. The third kappa shape index (κ3) is 3.93. The molecule has 3 unspecified atom stereocenters. The average molecular weight is 208 g/mol. The van der Waals surface area contributed by atoms with Gasteiger partial charge < -0.3 is 10.6 Å². The maximum absolute atomic E-state index is 11.5. The van der Waals surface area contributed by atoms with Gasteiger partial charge in [0.15, 0.2) is 0 Å².